The summed E-state index contributed by atoms with van der Waals surface area (Å²) in [6.07, 6.45) is 4.89. The standard InChI is InChI=1S/C11H20O3/c1-3-11(12)14-10-8-6-5-7-9(10)13-4-2/h9-10H,3-8H2,1-2H3. The second-order valence-corrected chi connectivity index (χ2v) is 3.66. The van der Waals surface area contributed by atoms with Crippen LogP contribution < -0.4 is 0 Å². The van der Waals surface area contributed by atoms with E-state index in [2.05, 4.69) is 0 Å². The third-order valence-corrected chi connectivity index (χ3v) is 2.59. The van der Waals surface area contributed by atoms with Crippen molar-refractivity contribution in [3.63, 3.8) is 0 Å². The molecular formula is C11H20O3. The third-order valence-electron chi connectivity index (χ3n) is 2.59. The summed E-state index contributed by atoms with van der Waals surface area (Å²) < 4.78 is 10.9. The Kier molecular flexibility index (Phi) is 4.94. The number of hydrogen-bond acceptors (Lipinski definition) is 3. The van der Waals surface area contributed by atoms with Crippen LogP contribution in [0.5, 0.6) is 0 Å². The topological polar surface area (TPSA) is 35.5 Å². The van der Waals surface area contributed by atoms with E-state index in [4.69, 9.17) is 9.47 Å². The second kappa shape index (κ2) is 6.02. The average Bonchev–Trinajstić information content (AvgIpc) is 2.21. The summed E-state index contributed by atoms with van der Waals surface area (Å²) in [5.41, 5.74) is 0. The predicted octanol–water partition coefficient (Wildman–Crippen LogP) is 2.29. The highest BCUT2D eigenvalue weighted by atomic mass is 16.6. The van der Waals surface area contributed by atoms with Crippen LogP contribution >= 0.6 is 0 Å². The molecule has 1 saturated carbocycles. The van der Waals surface area contributed by atoms with Crippen LogP contribution in [0.2, 0.25) is 0 Å². The van der Waals surface area contributed by atoms with Gasteiger partial charge in [-0.3, -0.25) is 4.79 Å². The van der Waals surface area contributed by atoms with Gasteiger partial charge in [0.1, 0.15) is 6.10 Å². The Hall–Kier alpha value is -0.570. The average molecular weight is 200 g/mol. The van der Waals surface area contributed by atoms with Crippen LogP contribution in [0.3, 0.4) is 0 Å². The Labute approximate surface area is 85.8 Å². The van der Waals surface area contributed by atoms with Gasteiger partial charge in [-0.05, 0) is 26.2 Å². The molecule has 3 nitrogen and oxygen atoms in total. The van der Waals surface area contributed by atoms with E-state index in [0.717, 1.165) is 19.3 Å². The Morgan fingerprint density at radius 2 is 1.86 bits per heavy atom. The van der Waals surface area contributed by atoms with Crippen LogP contribution in [-0.4, -0.2) is 24.8 Å². The number of hydrogen-bond donors (Lipinski definition) is 0. The molecule has 0 N–H and O–H groups in total. The van der Waals surface area contributed by atoms with E-state index in [-0.39, 0.29) is 18.2 Å². The summed E-state index contributed by atoms with van der Waals surface area (Å²) in [7, 11) is 0. The van der Waals surface area contributed by atoms with Crippen molar-refractivity contribution in [2.75, 3.05) is 6.61 Å². The van der Waals surface area contributed by atoms with E-state index in [1.54, 1.807) is 0 Å². The van der Waals surface area contributed by atoms with Gasteiger partial charge in [-0.1, -0.05) is 13.3 Å². The molecule has 0 aromatic carbocycles. The number of rotatable bonds is 4. The normalized spacial score (nSPS) is 27.3. The minimum absolute atomic E-state index is 0.00356. The largest absolute Gasteiger partial charge is 0.460 e. The molecule has 1 aliphatic rings. The molecule has 1 aliphatic carbocycles. The van der Waals surface area contributed by atoms with E-state index in [1.807, 2.05) is 13.8 Å². The maximum absolute atomic E-state index is 11.2. The molecule has 0 bridgehead atoms. The monoisotopic (exact) mass is 200 g/mol. The molecule has 0 aliphatic heterocycles. The van der Waals surface area contributed by atoms with Crippen molar-refractivity contribution in [1.29, 1.82) is 0 Å². The number of carbonyl (C=O) groups excluding carboxylic acids is 1. The lowest BCUT2D eigenvalue weighted by Gasteiger charge is -2.30. The number of esters is 1. The van der Waals surface area contributed by atoms with E-state index in [0.29, 0.717) is 13.0 Å². The highest BCUT2D eigenvalue weighted by Crippen LogP contribution is 2.24. The van der Waals surface area contributed by atoms with Crippen LogP contribution in [0, 0.1) is 0 Å². The fraction of sp³-hybridized carbons (Fsp3) is 0.909. The summed E-state index contributed by atoms with van der Waals surface area (Å²) >= 11 is 0. The number of ether oxygens (including phenoxy) is 2. The van der Waals surface area contributed by atoms with Gasteiger partial charge in [0.05, 0.1) is 6.10 Å². The van der Waals surface area contributed by atoms with Crippen molar-refractivity contribution in [3.05, 3.63) is 0 Å². The third kappa shape index (κ3) is 3.29. The highest BCUT2D eigenvalue weighted by molar-refractivity contribution is 5.69. The van der Waals surface area contributed by atoms with E-state index < -0.39 is 0 Å². The summed E-state index contributed by atoms with van der Waals surface area (Å²) in [6, 6.07) is 0. The van der Waals surface area contributed by atoms with Crippen LogP contribution in [0.4, 0.5) is 0 Å². The van der Waals surface area contributed by atoms with Gasteiger partial charge in [-0.15, -0.1) is 0 Å². The van der Waals surface area contributed by atoms with E-state index in [9.17, 15) is 4.79 Å². The zero-order valence-electron chi connectivity index (χ0n) is 9.12. The Morgan fingerprint density at radius 3 is 2.43 bits per heavy atom. The summed E-state index contributed by atoms with van der Waals surface area (Å²) in [4.78, 5) is 11.2. The minimum atomic E-state index is -0.110. The molecule has 0 saturated heterocycles. The molecule has 0 radical (unpaired) electrons. The zero-order valence-corrected chi connectivity index (χ0v) is 9.12. The molecule has 82 valence electrons. The molecule has 0 aromatic rings. The minimum Gasteiger partial charge on any atom is -0.460 e. The van der Waals surface area contributed by atoms with Gasteiger partial charge in [0.2, 0.25) is 0 Å². The summed E-state index contributed by atoms with van der Waals surface area (Å²) in [6.45, 7) is 4.50. The van der Waals surface area contributed by atoms with Gasteiger partial charge >= 0.3 is 5.97 Å². The molecule has 3 heteroatoms. The van der Waals surface area contributed by atoms with Crippen molar-refractivity contribution in [2.24, 2.45) is 0 Å². The molecule has 1 fully saturated rings. The first-order valence-corrected chi connectivity index (χ1v) is 5.59. The lowest BCUT2D eigenvalue weighted by molar-refractivity contribution is -0.160. The quantitative estimate of drug-likeness (QED) is 0.653. The molecule has 14 heavy (non-hydrogen) atoms. The first kappa shape index (κ1) is 11.5. The maximum atomic E-state index is 11.2. The lowest BCUT2D eigenvalue weighted by Crippen LogP contribution is -2.36. The van der Waals surface area contributed by atoms with Gasteiger partial charge < -0.3 is 9.47 Å². The van der Waals surface area contributed by atoms with Crippen LogP contribution in [0.25, 0.3) is 0 Å². The van der Waals surface area contributed by atoms with Crippen LogP contribution in [0.15, 0.2) is 0 Å². The van der Waals surface area contributed by atoms with Crippen molar-refractivity contribution in [2.45, 2.75) is 58.2 Å². The van der Waals surface area contributed by atoms with Crippen molar-refractivity contribution < 1.29 is 14.3 Å². The Morgan fingerprint density at radius 1 is 1.21 bits per heavy atom. The maximum Gasteiger partial charge on any atom is 0.305 e. The smallest absolute Gasteiger partial charge is 0.305 e. The van der Waals surface area contributed by atoms with Crippen molar-refractivity contribution >= 4 is 5.97 Å². The van der Waals surface area contributed by atoms with E-state index in [1.165, 1.54) is 6.42 Å². The van der Waals surface area contributed by atoms with Gasteiger partial charge in [0.15, 0.2) is 0 Å². The first-order chi connectivity index (χ1) is 6.77. The SMILES string of the molecule is CCOC1CCCCC1OC(=O)CC. The van der Waals surface area contributed by atoms with Gasteiger partial charge in [0.25, 0.3) is 0 Å². The Balaban J connectivity index is 2.41. The fourth-order valence-corrected chi connectivity index (χ4v) is 1.85. The first-order valence-electron chi connectivity index (χ1n) is 5.59. The molecular weight excluding hydrogens is 180 g/mol. The van der Waals surface area contributed by atoms with Crippen molar-refractivity contribution in [3.8, 4) is 0 Å². The molecule has 0 aromatic heterocycles. The van der Waals surface area contributed by atoms with Gasteiger partial charge in [-0.2, -0.15) is 0 Å². The molecule has 0 heterocycles. The van der Waals surface area contributed by atoms with E-state index >= 15 is 0 Å². The summed E-state index contributed by atoms with van der Waals surface area (Å²) in [5.74, 6) is -0.110. The molecule has 0 amide bonds. The molecule has 0 spiro atoms. The predicted molar refractivity (Wildman–Crippen MR) is 54.1 cm³/mol. The number of carbonyl (C=O) groups is 1. The Bertz CT molecular complexity index is 177. The highest BCUT2D eigenvalue weighted by Gasteiger charge is 2.28. The van der Waals surface area contributed by atoms with Gasteiger partial charge in [0, 0.05) is 13.0 Å². The lowest BCUT2D eigenvalue weighted by atomic mass is 9.94. The van der Waals surface area contributed by atoms with Crippen LogP contribution in [-0.2, 0) is 14.3 Å². The second-order valence-electron chi connectivity index (χ2n) is 3.66. The fourth-order valence-electron chi connectivity index (χ4n) is 1.85. The zero-order chi connectivity index (χ0) is 10.4. The molecule has 1 rings (SSSR count). The van der Waals surface area contributed by atoms with Crippen molar-refractivity contribution in [1.82, 2.24) is 0 Å². The molecule has 2 unspecified atom stereocenters. The van der Waals surface area contributed by atoms with Crippen LogP contribution in [0.1, 0.15) is 46.0 Å². The van der Waals surface area contributed by atoms with Gasteiger partial charge in [-0.25, -0.2) is 0 Å². The molecule has 2 atom stereocenters. The summed E-state index contributed by atoms with van der Waals surface area (Å²) in [5, 5.41) is 0.